The second-order valence-corrected chi connectivity index (χ2v) is 14.1. The van der Waals surface area contributed by atoms with Gasteiger partial charge >= 0.3 is 0 Å². The van der Waals surface area contributed by atoms with Gasteiger partial charge in [0, 0.05) is 38.4 Å². The Labute approximate surface area is 323 Å². The molecule has 5 heteroatoms. The van der Waals surface area contributed by atoms with Crippen molar-refractivity contribution >= 4 is 43.6 Å². The lowest BCUT2D eigenvalue weighted by Gasteiger charge is -2.13. The summed E-state index contributed by atoms with van der Waals surface area (Å²) in [5.41, 5.74) is 11.9. The van der Waals surface area contributed by atoms with Gasteiger partial charge < -0.3 is 4.57 Å². The molecule has 3 heterocycles. The van der Waals surface area contributed by atoms with Crippen molar-refractivity contribution in [3.63, 3.8) is 0 Å². The molecule has 3 aromatic heterocycles. The first-order valence-corrected chi connectivity index (χ1v) is 18.9. The van der Waals surface area contributed by atoms with Crippen molar-refractivity contribution < 1.29 is 0 Å². The van der Waals surface area contributed by atoms with E-state index in [1.165, 1.54) is 10.8 Å². The van der Waals surface area contributed by atoms with Crippen LogP contribution in [0.1, 0.15) is 0 Å². The molecule has 0 radical (unpaired) electrons. The zero-order valence-corrected chi connectivity index (χ0v) is 30.3. The van der Waals surface area contributed by atoms with Crippen LogP contribution < -0.4 is 0 Å². The van der Waals surface area contributed by atoms with Crippen molar-refractivity contribution in [1.82, 2.24) is 24.1 Å². The molecule has 0 unspecified atom stereocenters. The SMILES string of the molecule is c1ccc(-c2ccc(-c3nc(-c4ccc(-c5ccccc5)cc4)nc(-n4c5ccccc5c5ccc6c7ccccc7n(-c7ccccc7)c6c54)n3)cc2)cc1. The molecular weight excluding hydrogens is 683 g/mol. The van der Waals surface area contributed by atoms with Crippen LogP contribution in [0.15, 0.2) is 200 Å². The second kappa shape index (κ2) is 13.0. The highest BCUT2D eigenvalue weighted by atomic mass is 15.2. The minimum Gasteiger partial charge on any atom is -0.307 e. The first kappa shape index (κ1) is 31.9. The highest BCUT2D eigenvalue weighted by molar-refractivity contribution is 6.23. The van der Waals surface area contributed by atoms with Gasteiger partial charge in [-0.05, 0) is 46.5 Å². The predicted octanol–water partition coefficient (Wildman–Crippen LogP) is 12.7. The molecule has 0 spiro atoms. The van der Waals surface area contributed by atoms with Crippen LogP contribution in [0.2, 0.25) is 0 Å². The van der Waals surface area contributed by atoms with E-state index in [2.05, 4.69) is 197 Å². The normalized spacial score (nSPS) is 11.6. The lowest BCUT2D eigenvalue weighted by Crippen LogP contribution is -2.07. The average molecular weight is 716 g/mol. The molecule has 11 rings (SSSR count). The van der Waals surface area contributed by atoms with Crippen LogP contribution in [0.4, 0.5) is 0 Å². The predicted molar refractivity (Wildman–Crippen MR) is 230 cm³/mol. The van der Waals surface area contributed by atoms with Gasteiger partial charge in [0.2, 0.25) is 5.95 Å². The highest BCUT2D eigenvalue weighted by Crippen LogP contribution is 2.41. The van der Waals surface area contributed by atoms with Gasteiger partial charge in [-0.3, -0.25) is 4.57 Å². The molecule has 0 aliphatic rings. The van der Waals surface area contributed by atoms with Gasteiger partial charge in [0.05, 0.1) is 22.1 Å². The Morgan fingerprint density at radius 2 is 0.643 bits per heavy atom. The van der Waals surface area contributed by atoms with Crippen molar-refractivity contribution in [2.45, 2.75) is 0 Å². The maximum absolute atomic E-state index is 5.33. The van der Waals surface area contributed by atoms with Crippen LogP contribution in [-0.2, 0) is 0 Å². The van der Waals surface area contributed by atoms with E-state index < -0.39 is 0 Å². The van der Waals surface area contributed by atoms with Crippen LogP contribution >= 0.6 is 0 Å². The monoisotopic (exact) mass is 715 g/mol. The molecule has 5 nitrogen and oxygen atoms in total. The van der Waals surface area contributed by atoms with Crippen LogP contribution in [0.3, 0.4) is 0 Å². The Balaban J connectivity index is 1.20. The minimum atomic E-state index is 0.563. The smallest absolute Gasteiger partial charge is 0.238 e. The Morgan fingerprint density at radius 1 is 0.268 bits per heavy atom. The molecule has 0 saturated carbocycles. The lowest BCUT2D eigenvalue weighted by atomic mass is 10.0. The summed E-state index contributed by atoms with van der Waals surface area (Å²) in [5, 5.41) is 4.64. The molecule has 262 valence electrons. The number of aromatic nitrogens is 5. The van der Waals surface area contributed by atoms with Crippen molar-refractivity contribution in [1.29, 1.82) is 0 Å². The molecule has 0 aliphatic heterocycles. The number of rotatable bonds is 6. The van der Waals surface area contributed by atoms with Crippen LogP contribution in [0, 0.1) is 0 Å². The molecule has 8 aromatic carbocycles. The van der Waals surface area contributed by atoms with Crippen molar-refractivity contribution in [2.75, 3.05) is 0 Å². The van der Waals surface area contributed by atoms with Gasteiger partial charge in [-0.25, -0.2) is 4.98 Å². The standard InChI is InChI=1S/C51H33N5/c1-4-14-34(15-5-1)36-24-28-38(29-25-36)49-52-50(39-30-26-37(27-31-39)35-16-6-2-7-17-35)54-51(53-49)56-46-23-13-11-21-42(46)44-33-32-43-41-20-10-12-22-45(41)55(47(43)48(44)56)40-18-8-3-9-19-40/h1-33H. The topological polar surface area (TPSA) is 48.5 Å². The summed E-state index contributed by atoms with van der Waals surface area (Å²) < 4.78 is 4.63. The molecule has 0 N–H and O–H groups in total. The van der Waals surface area contributed by atoms with E-state index >= 15 is 0 Å². The molecule has 0 saturated heterocycles. The fraction of sp³-hybridized carbons (Fsp3) is 0. The molecule has 0 fully saturated rings. The van der Waals surface area contributed by atoms with E-state index in [4.69, 9.17) is 15.0 Å². The molecular formula is C51H33N5. The lowest BCUT2D eigenvalue weighted by molar-refractivity contribution is 0.953. The van der Waals surface area contributed by atoms with Crippen molar-refractivity contribution in [3.8, 4) is 56.7 Å². The van der Waals surface area contributed by atoms with Gasteiger partial charge in [0.1, 0.15) is 0 Å². The van der Waals surface area contributed by atoms with E-state index in [0.717, 1.165) is 71.9 Å². The van der Waals surface area contributed by atoms with E-state index in [1.807, 2.05) is 12.1 Å². The number of benzene rings is 8. The van der Waals surface area contributed by atoms with E-state index in [-0.39, 0.29) is 0 Å². The van der Waals surface area contributed by atoms with Gasteiger partial charge in [0.15, 0.2) is 11.6 Å². The Morgan fingerprint density at radius 3 is 1.14 bits per heavy atom. The van der Waals surface area contributed by atoms with E-state index in [9.17, 15) is 0 Å². The Kier molecular flexibility index (Phi) is 7.42. The minimum absolute atomic E-state index is 0.563. The maximum Gasteiger partial charge on any atom is 0.238 e. The van der Waals surface area contributed by atoms with Crippen LogP contribution in [0.25, 0.3) is 100 Å². The van der Waals surface area contributed by atoms with Gasteiger partial charge in [-0.15, -0.1) is 0 Å². The van der Waals surface area contributed by atoms with Crippen LogP contribution in [0.5, 0.6) is 0 Å². The fourth-order valence-corrected chi connectivity index (χ4v) is 8.16. The summed E-state index contributed by atoms with van der Waals surface area (Å²) in [5.74, 6) is 1.78. The average Bonchev–Trinajstić information content (AvgIpc) is 3.80. The molecule has 0 bridgehead atoms. The summed E-state index contributed by atoms with van der Waals surface area (Å²) in [6.45, 7) is 0. The largest absolute Gasteiger partial charge is 0.307 e. The summed E-state index contributed by atoms with van der Waals surface area (Å²) in [6.07, 6.45) is 0. The Bertz CT molecular complexity index is 3100. The first-order chi connectivity index (χ1) is 27.8. The van der Waals surface area contributed by atoms with E-state index in [1.54, 1.807) is 0 Å². The number of hydrogen-bond acceptors (Lipinski definition) is 3. The molecule has 0 amide bonds. The van der Waals surface area contributed by atoms with Crippen molar-refractivity contribution in [3.05, 3.63) is 200 Å². The molecule has 11 aromatic rings. The van der Waals surface area contributed by atoms with Crippen LogP contribution in [-0.4, -0.2) is 24.1 Å². The summed E-state index contributed by atoms with van der Waals surface area (Å²) in [6, 6.07) is 70.3. The number of hydrogen-bond donors (Lipinski definition) is 0. The first-order valence-electron chi connectivity index (χ1n) is 18.9. The summed E-state index contributed by atoms with van der Waals surface area (Å²) in [7, 11) is 0. The van der Waals surface area contributed by atoms with Gasteiger partial charge in [-0.2, -0.15) is 9.97 Å². The number of para-hydroxylation sites is 3. The molecule has 0 atom stereocenters. The quantitative estimate of drug-likeness (QED) is 0.172. The fourth-order valence-electron chi connectivity index (χ4n) is 8.16. The summed E-state index contributed by atoms with van der Waals surface area (Å²) >= 11 is 0. The van der Waals surface area contributed by atoms with Crippen molar-refractivity contribution in [2.24, 2.45) is 0 Å². The maximum atomic E-state index is 5.33. The van der Waals surface area contributed by atoms with E-state index in [0.29, 0.717) is 17.6 Å². The second-order valence-electron chi connectivity index (χ2n) is 14.1. The zero-order chi connectivity index (χ0) is 37.0. The number of nitrogens with zero attached hydrogens (tertiary/aromatic N) is 5. The number of fused-ring (bicyclic) bond motifs is 7. The third-order valence-electron chi connectivity index (χ3n) is 10.8. The Hall–Kier alpha value is -7.63. The third kappa shape index (κ3) is 5.21. The summed E-state index contributed by atoms with van der Waals surface area (Å²) in [4.78, 5) is 15.8. The van der Waals surface area contributed by atoms with Gasteiger partial charge in [0.25, 0.3) is 0 Å². The molecule has 56 heavy (non-hydrogen) atoms. The zero-order valence-electron chi connectivity index (χ0n) is 30.3. The third-order valence-corrected chi connectivity index (χ3v) is 10.8. The molecule has 0 aliphatic carbocycles. The highest BCUT2D eigenvalue weighted by Gasteiger charge is 2.23. The van der Waals surface area contributed by atoms with Gasteiger partial charge in [-0.1, -0.05) is 176 Å².